The summed E-state index contributed by atoms with van der Waals surface area (Å²) in [4.78, 5) is 11.2. The van der Waals surface area contributed by atoms with Gasteiger partial charge in [0.2, 0.25) is 10.0 Å². The van der Waals surface area contributed by atoms with Crippen LogP contribution in [-0.2, 0) is 14.8 Å². The Morgan fingerprint density at radius 1 is 1.38 bits per heavy atom. The summed E-state index contributed by atoms with van der Waals surface area (Å²) < 4.78 is 31.9. The largest absolute Gasteiger partial charge is 0.483 e. The summed E-state index contributed by atoms with van der Waals surface area (Å²) in [6.07, 6.45) is 0. The van der Waals surface area contributed by atoms with Crippen LogP contribution in [0, 0.1) is 12.8 Å². The number of carbonyl (C=O) groups is 1. The molecular formula is C13H21N3O4S. The molecule has 0 saturated heterocycles. The number of rotatable bonds is 7. The predicted molar refractivity (Wildman–Crippen MR) is 79.0 cm³/mol. The second-order valence-corrected chi connectivity index (χ2v) is 6.80. The SMILES string of the molecule is Cc1cc(S(=O)(=O)NCC(C)C)ccc1OCC(=O)NN. The molecule has 0 aliphatic carbocycles. The third-order valence-corrected chi connectivity index (χ3v) is 4.08. The van der Waals surface area contributed by atoms with Crippen molar-refractivity contribution in [2.75, 3.05) is 13.2 Å². The van der Waals surface area contributed by atoms with Gasteiger partial charge in [-0.1, -0.05) is 13.8 Å². The predicted octanol–water partition coefficient (Wildman–Crippen LogP) is 0.298. The first kappa shape index (κ1) is 17.4. The summed E-state index contributed by atoms with van der Waals surface area (Å²) >= 11 is 0. The van der Waals surface area contributed by atoms with E-state index in [1.165, 1.54) is 18.2 Å². The van der Waals surface area contributed by atoms with Crippen LogP contribution < -0.4 is 20.7 Å². The lowest BCUT2D eigenvalue weighted by Crippen LogP contribution is -2.34. The minimum Gasteiger partial charge on any atom is -0.483 e. The summed E-state index contributed by atoms with van der Waals surface area (Å²) in [6, 6.07) is 4.45. The van der Waals surface area contributed by atoms with E-state index in [0.717, 1.165) is 0 Å². The molecule has 4 N–H and O–H groups in total. The van der Waals surface area contributed by atoms with E-state index in [9.17, 15) is 13.2 Å². The van der Waals surface area contributed by atoms with Gasteiger partial charge in [-0.15, -0.1) is 0 Å². The number of hydrogen-bond donors (Lipinski definition) is 3. The van der Waals surface area contributed by atoms with Gasteiger partial charge in [0, 0.05) is 6.54 Å². The highest BCUT2D eigenvalue weighted by Crippen LogP contribution is 2.21. The van der Waals surface area contributed by atoms with E-state index in [1.807, 2.05) is 19.3 Å². The van der Waals surface area contributed by atoms with Crippen LogP contribution in [0.3, 0.4) is 0 Å². The molecule has 1 rings (SSSR count). The third kappa shape index (κ3) is 5.33. The lowest BCUT2D eigenvalue weighted by Gasteiger charge is -2.12. The van der Waals surface area contributed by atoms with Gasteiger partial charge in [-0.2, -0.15) is 0 Å². The Labute approximate surface area is 124 Å². The van der Waals surface area contributed by atoms with E-state index in [4.69, 9.17) is 10.6 Å². The zero-order chi connectivity index (χ0) is 16.0. The van der Waals surface area contributed by atoms with Crippen LogP contribution in [0.25, 0.3) is 0 Å². The van der Waals surface area contributed by atoms with Gasteiger partial charge in [0.05, 0.1) is 4.90 Å². The van der Waals surface area contributed by atoms with E-state index in [2.05, 4.69) is 4.72 Å². The fourth-order valence-electron chi connectivity index (χ4n) is 1.50. The first-order valence-corrected chi connectivity index (χ1v) is 7.97. The molecule has 8 heteroatoms. The van der Waals surface area contributed by atoms with E-state index in [-0.39, 0.29) is 17.4 Å². The highest BCUT2D eigenvalue weighted by molar-refractivity contribution is 7.89. The fraction of sp³-hybridized carbons (Fsp3) is 0.462. The number of sulfonamides is 1. The molecule has 0 fully saturated rings. The van der Waals surface area contributed by atoms with E-state index in [0.29, 0.717) is 17.9 Å². The Bertz CT molecular complexity index is 599. The average Bonchev–Trinajstić information content (AvgIpc) is 2.43. The molecule has 1 aromatic rings. The Morgan fingerprint density at radius 2 is 2.05 bits per heavy atom. The van der Waals surface area contributed by atoms with Crippen LogP contribution in [0.2, 0.25) is 0 Å². The summed E-state index contributed by atoms with van der Waals surface area (Å²) in [5.41, 5.74) is 2.57. The monoisotopic (exact) mass is 315 g/mol. The van der Waals surface area contributed by atoms with E-state index < -0.39 is 15.9 Å². The Morgan fingerprint density at radius 3 is 2.57 bits per heavy atom. The van der Waals surface area contributed by atoms with Crippen molar-refractivity contribution in [3.63, 3.8) is 0 Å². The molecule has 0 radical (unpaired) electrons. The van der Waals surface area contributed by atoms with Crippen LogP contribution in [0.5, 0.6) is 5.75 Å². The van der Waals surface area contributed by atoms with Crippen molar-refractivity contribution in [2.45, 2.75) is 25.7 Å². The van der Waals surface area contributed by atoms with Crippen LogP contribution in [0.1, 0.15) is 19.4 Å². The standard InChI is InChI=1S/C13H21N3O4S/c1-9(2)7-15-21(18,19)11-4-5-12(10(3)6-11)20-8-13(17)16-14/h4-6,9,15H,7-8,14H2,1-3H3,(H,16,17). The smallest absolute Gasteiger partial charge is 0.271 e. The van der Waals surface area contributed by atoms with Crippen molar-refractivity contribution in [1.82, 2.24) is 10.1 Å². The topological polar surface area (TPSA) is 111 Å². The van der Waals surface area contributed by atoms with Crippen molar-refractivity contribution >= 4 is 15.9 Å². The van der Waals surface area contributed by atoms with Crippen molar-refractivity contribution in [2.24, 2.45) is 11.8 Å². The minimum atomic E-state index is -3.54. The van der Waals surface area contributed by atoms with Crippen LogP contribution in [-0.4, -0.2) is 27.5 Å². The first-order valence-electron chi connectivity index (χ1n) is 6.49. The lowest BCUT2D eigenvalue weighted by molar-refractivity contribution is -0.123. The molecule has 0 aliphatic rings. The quantitative estimate of drug-likeness (QED) is 0.381. The number of nitrogens with one attached hydrogen (secondary N) is 2. The van der Waals surface area contributed by atoms with E-state index in [1.54, 1.807) is 6.92 Å². The van der Waals surface area contributed by atoms with Gasteiger partial charge in [-0.25, -0.2) is 19.0 Å². The molecule has 0 heterocycles. The van der Waals surface area contributed by atoms with Crippen LogP contribution >= 0.6 is 0 Å². The molecule has 0 unspecified atom stereocenters. The number of nitrogens with two attached hydrogens (primary N) is 1. The summed E-state index contributed by atoms with van der Waals surface area (Å²) in [7, 11) is -3.54. The van der Waals surface area contributed by atoms with Gasteiger partial charge in [-0.05, 0) is 36.6 Å². The van der Waals surface area contributed by atoms with Gasteiger partial charge in [0.1, 0.15) is 5.75 Å². The Kier molecular flexibility index (Phi) is 6.13. The molecule has 0 atom stereocenters. The van der Waals surface area contributed by atoms with Crippen LogP contribution in [0.4, 0.5) is 0 Å². The lowest BCUT2D eigenvalue weighted by atomic mass is 10.2. The molecule has 1 aromatic carbocycles. The highest BCUT2D eigenvalue weighted by Gasteiger charge is 2.15. The maximum Gasteiger partial charge on any atom is 0.271 e. The zero-order valence-corrected chi connectivity index (χ0v) is 13.2. The molecule has 0 aliphatic heterocycles. The van der Waals surface area contributed by atoms with Gasteiger partial charge in [0.15, 0.2) is 6.61 Å². The molecule has 118 valence electrons. The number of ether oxygens (including phenoxy) is 1. The van der Waals surface area contributed by atoms with Gasteiger partial charge in [-0.3, -0.25) is 10.2 Å². The Hall–Kier alpha value is -1.64. The number of hydrogen-bond acceptors (Lipinski definition) is 5. The number of aryl methyl sites for hydroxylation is 1. The maximum absolute atomic E-state index is 12.1. The normalized spacial score (nSPS) is 11.5. The molecule has 7 nitrogen and oxygen atoms in total. The van der Waals surface area contributed by atoms with E-state index >= 15 is 0 Å². The Balaban J connectivity index is 2.84. The summed E-state index contributed by atoms with van der Waals surface area (Å²) in [6.45, 7) is 5.70. The molecular weight excluding hydrogens is 294 g/mol. The van der Waals surface area contributed by atoms with Crippen molar-refractivity contribution in [1.29, 1.82) is 0 Å². The number of hydrazine groups is 1. The highest BCUT2D eigenvalue weighted by atomic mass is 32.2. The maximum atomic E-state index is 12.1. The van der Waals surface area contributed by atoms with Crippen LogP contribution in [0.15, 0.2) is 23.1 Å². The molecule has 0 spiro atoms. The third-order valence-electron chi connectivity index (χ3n) is 2.66. The first-order chi connectivity index (χ1) is 9.76. The number of carbonyl (C=O) groups excluding carboxylic acids is 1. The number of benzene rings is 1. The number of amides is 1. The summed E-state index contributed by atoms with van der Waals surface area (Å²) in [5, 5.41) is 0. The molecule has 1 amide bonds. The van der Waals surface area contributed by atoms with Crippen molar-refractivity contribution in [3.8, 4) is 5.75 Å². The zero-order valence-electron chi connectivity index (χ0n) is 12.3. The molecule has 21 heavy (non-hydrogen) atoms. The summed E-state index contributed by atoms with van der Waals surface area (Å²) in [5.74, 6) is 5.13. The van der Waals surface area contributed by atoms with Gasteiger partial charge in [0.25, 0.3) is 5.91 Å². The van der Waals surface area contributed by atoms with Gasteiger partial charge < -0.3 is 4.74 Å². The second kappa shape index (κ2) is 7.39. The molecule has 0 bridgehead atoms. The van der Waals surface area contributed by atoms with Gasteiger partial charge >= 0.3 is 0 Å². The molecule has 0 aromatic heterocycles. The average molecular weight is 315 g/mol. The second-order valence-electron chi connectivity index (χ2n) is 5.03. The molecule has 0 saturated carbocycles. The van der Waals surface area contributed by atoms with Crippen molar-refractivity contribution in [3.05, 3.63) is 23.8 Å². The fourth-order valence-corrected chi connectivity index (χ4v) is 2.79. The minimum absolute atomic E-state index is 0.163. The van der Waals surface area contributed by atoms with Crippen molar-refractivity contribution < 1.29 is 17.9 Å².